The summed E-state index contributed by atoms with van der Waals surface area (Å²) in [5.41, 5.74) is -1.11. The van der Waals surface area contributed by atoms with E-state index in [4.69, 9.17) is 0 Å². The Hall–Kier alpha value is -1.11. The molecule has 2 atom stereocenters. The number of carbonyl (C=O) groups is 2. The number of amides is 2. The topological polar surface area (TPSA) is 95.5 Å². The third kappa shape index (κ3) is 4.49. The number of nitrogens with one attached hydrogen (secondary N) is 2. The summed E-state index contributed by atoms with van der Waals surface area (Å²) >= 11 is 0. The second-order valence-electron chi connectivity index (χ2n) is 5.07. The number of hydrogen-bond donors (Lipinski definition) is 3. The highest BCUT2D eigenvalue weighted by molar-refractivity contribution is 7.84. The molecule has 1 aliphatic rings. The molecule has 0 saturated heterocycles. The van der Waals surface area contributed by atoms with E-state index in [0.29, 0.717) is 25.8 Å². The minimum atomic E-state index is -1.11. The van der Waals surface area contributed by atoms with E-state index in [1.165, 1.54) is 0 Å². The van der Waals surface area contributed by atoms with Crippen molar-refractivity contribution in [3.05, 3.63) is 0 Å². The van der Waals surface area contributed by atoms with Crippen LogP contribution < -0.4 is 10.6 Å². The van der Waals surface area contributed by atoms with Gasteiger partial charge in [0.15, 0.2) is 0 Å². The molecule has 1 rings (SSSR count). The minimum absolute atomic E-state index is 0.0141. The second kappa shape index (κ2) is 6.88. The fourth-order valence-corrected chi connectivity index (χ4v) is 2.64. The van der Waals surface area contributed by atoms with Crippen LogP contribution >= 0.6 is 0 Å². The average molecular weight is 290 g/mol. The first-order chi connectivity index (χ1) is 8.87. The molecule has 7 heteroatoms. The van der Waals surface area contributed by atoms with E-state index in [0.717, 1.165) is 12.8 Å². The molecule has 110 valence electrons. The SMILES string of the molecule is CC(CCNC(=O)NC1(C(=O)O)CCCC1)S(C)=O. The number of carboxylic acids is 1. The van der Waals surface area contributed by atoms with Gasteiger partial charge in [0.05, 0.1) is 0 Å². The maximum absolute atomic E-state index is 11.7. The summed E-state index contributed by atoms with van der Waals surface area (Å²) < 4.78 is 11.1. The van der Waals surface area contributed by atoms with E-state index in [-0.39, 0.29) is 5.25 Å². The first kappa shape index (κ1) is 15.9. The number of aliphatic carboxylic acids is 1. The molecule has 1 aliphatic carbocycles. The Morgan fingerprint density at radius 3 is 2.42 bits per heavy atom. The Labute approximate surface area is 115 Å². The van der Waals surface area contributed by atoms with Crippen molar-refractivity contribution >= 4 is 22.8 Å². The van der Waals surface area contributed by atoms with Gasteiger partial charge in [0.1, 0.15) is 5.54 Å². The number of carboxylic acid groups (broad SMARTS) is 1. The molecule has 0 aromatic carbocycles. The predicted octanol–water partition coefficient (Wildman–Crippen LogP) is 0.840. The number of hydrogen-bond acceptors (Lipinski definition) is 3. The van der Waals surface area contributed by atoms with Crippen LogP contribution in [0.2, 0.25) is 0 Å². The third-order valence-corrected chi connectivity index (χ3v) is 4.99. The standard InChI is InChI=1S/C12H22N2O4S/c1-9(19(2)18)5-8-13-11(17)14-12(10(15)16)6-3-4-7-12/h9H,3-8H2,1-2H3,(H,15,16)(H2,13,14,17). The van der Waals surface area contributed by atoms with Crippen LogP contribution in [0.25, 0.3) is 0 Å². The van der Waals surface area contributed by atoms with Gasteiger partial charge in [-0.15, -0.1) is 0 Å². The van der Waals surface area contributed by atoms with Gasteiger partial charge in [0.25, 0.3) is 0 Å². The van der Waals surface area contributed by atoms with Gasteiger partial charge < -0.3 is 15.7 Å². The summed E-state index contributed by atoms with van der Waals surface area (Å²) in [5, 5.41) is 14.4. The molecule has 0 radical (unpaired) electrons. The predicted molar refractivity (Wildman–Crippen MR) is 73.5 cm³/mol. The molecule has 0 bridgehead atoms. The van der Waals surface area contributed by atoms with Gasteiger partial charge in [-0.3, -0.25) is 4.21 Å². The Balaban J connectivity index is 2.38. The molecule has 6 nitrogen and oxygen atoms in total. The highest BCUT2D eigenvalue weighted by Crippen LogP contribution is 2.29. The van der Waals surface area contributed by atoms with Crippen LogP contribution in [0.1, 0.15) is 39.0 Å². The number of urea groups is 1. The van der Waals surface area contributed by atoms with Crippen molar-refractivity contribution in [1.82, 2.24) is 10.6 Å². The lowest BCUT2D eigenvalue weighted by atomic mass is 9.98. The lowest BCUT2D eigenvalue weighted by Gasteiger charge is -2.25. The molecule has 0 spiro atoms. The van der Waals surface area contributed by atoms with Crippen molar-refractivity contribution in [3.8, 4) is 0 Å². The molecular formula is C12H22N2O4S. The zero-order valence-corrected chi connectivity index (χ0v) is 12.2. The van der Waals surface area contributed by atoms with Gasteiger partial charge in [0.2, 0.25) is 0 Å². The van der Waals surface area contributed by atoms with Crippen molar-refractivity contribution in [2.45, 2.75) is 49.8 Å². The number of carbonyl (C=O) groups excluding carboxylic acids is 1. The van der Waals surface area contributed by atoms with Crippen LogP contribution in [-0.4, -0.2) is 44.9 Å². The van der Waals surface area contributed by atoms with Crippen molar-refractivity contribution in [3.63, 3.8) is 0 Å². The molecule has 3 N–H and O–H groups in total. The zero-order chi connectivity index (χ0) is 14.5. The molecule has 0 aromatic rings. The smallest absolute Gasteiger partial charge is 0.329 e. The fourth-order valence-electron chi connectivity index (χ4n) is 2.19. The minimum Gasteiger partial charge on any atom is -0.480 e. The van der Waals surface area contributed by atoms with Crippen LogP contribution in [0.3, 0.4) is 0 Å². The molecule has 0 aromatic heterocycles. The van der Waals surface area contributed by atoms with Gasteiger partial charge in [-0.05, 0) is 19.3 Å². The van der Waals surface area contributed by atoms with Gasteiger partial charge >= 0.3 is 12.0 Å². The van der Waals surface area contributed by atoms with E-state index < -0.39 is 28.3 Å². The molecule has 1 saturated carbocycles. The summed E-state index contributed by atoms with van der Waals surface area (Å²) in [7, 11) is -0.910. The Bertz CT molecular complexity index is 367. The van der Waals surface area contributed by atoms with Crippen LogP contribution in [0.5, 0.6) is 0 Å². The van der Waals surface area contributed by atoms with E-state index >= 15 is 0 Å². The van der Waals surface area contributed by atoms with E-state index in [2.05, 4.69) is 10.6 Å². The van der Waals surface area contributed by atoms with E-state index in [9.17, 15) is 18.9 Å². The summed E-state index contributed by atoms with van der Waals surface area (Å²) in [4.78, 5) is 22.9. The quantitative estimate of drug-likeness (QED) is 0.675. The highest BCUT2D eigenvalue weighted by Gasteiger charge is 2.42. The molecule has 2 amide bonds. The molecule has 1 fully saturated rings. The first-order valence-electron chi connectivity index (χ1n) is 6.49. The van der Waals surface area contributed by atoms with Gasteiger partial charge in [0, 0.05) is 28.9 Å². The molecular weight excluding hydrogens is 268 g/mol. The Morgan fingerprint density at radius 2 is 1.95 bits per heavy atom. The van der Waals surface area contributed by atoms with Crippen LogP contribution in [0, 0.1) is 0 Å². The molecule has 2 unspecified atom stereocenters. The highest BCUT2D eigenvalue weighted by atomic mass is 32.2. The Kier molecular flexibility index (Phi) is 5.78. The maximum Gasteiger partial charge on any atom is 0.329 e. The van der Waals surface area contributed by atoms with Crippen LogP contribution in [0.4, 0.5) is 4.79 Å². The summed E-state index contributed by atoms with van der Waals surface area (Å²) in [6, 6.07) is -0.460. The van der Waals surface area contributed by atoms with Crippen molar-refractivity contribution in [2.24, 2.45) is 0 Å². The monoisotopic (exact) mass is 290 g/mol. The third-order valence-electron chi connectivity index (χ3n) is 3.62. The van der Waals surface area contributed by atoms with Gasteiger partial charge in [-0.1, -0.05) is 19.8 Å². The largest absolute Gasteiger partial charge is 0.480 e. The maximum atomic E-state index is 11.7. The van der Waals surface area contributed by atoms with Crippen molar-refractivity contribution in [1.29, 1.82) is 0 Å². The van der Waals surface area contributed by atoms with Gasteiger partial charge in [-0.25, -0.2) is 9.59 Å². The summed E-state index contributed by atoms with van der Waals surface area (Å²) in [6.07, 6.45) is 4.83. The normalized spacial score (nSPS) is 20.5. The fraction of sp³-hybridized carbons (Fsp3) is 0.833. The van der Waals surface area contributed by atoms with Gasteiger partial charge in [-0.2, -0.15) is 0 Å². The van der Waals surface area contributed by atoms with Crippen molar-refractivity contribution < 1.29 is 18.9 Å². The van der Waals surface area contributed by atoms with Crippen molar-refractivity contribution in [2.75, 3.05) is 12.8 Å². The first-order valence-corrected chi connectivity index (χ1v) is 8.11. The second-order valence-corrected chi connectivity index (χ2v) is 6.88. The van der Waals surface area contributed by atoms with E-state index in [1.54, 1.807) is 6.26 Å². The van der Waals surface area contributed by atoms with Crippen LogP contribution in [0.15, 0.2) is 0 Å². The van der Waals surface area contributed by atoms with Crippen LogP contribution in [-0.2, 0) is 15.6 Å². The Morgan fingerprint density at radius 1 is 1.37 bits per heavy atom. The zero-order valence-electron chi connectivity index (χ0n) is 11.4. The lowest BCUT2D eigenvalue weighted by molar-refractivity contribution is -0.144. The summed E-state index contributed by atoms with van der Waals surface area (Å²) in [6.45, 7) is 2.24. The van der Waals surface area contributed by atoms with E-state index in [1.807, 2.05) is 6.92 Å². The molecule has 19 heavy (non-hydrogen) atoms. The average Bonchev–Trinajstić information content (AvgIpc) is 2.78. The summed E-state index contributed by atoms with van der Waals surface area (Å²) in [5.74, 6) is -0.969. The lowest BCUT2D eigenvalue weighted by Crippen LogP contribution is -2.55. The number of rotatable bonds is 6. The molecule has 0 aliphatic heterocycles. The molecule has 0 heterocycles.